The van der Waals surface area contributed by atoms with E-state index < -0.39 is 0 Å². The highest BCUT2D eigenvalue weighted by Gasteiger charge is 2.19. The lowest BCUT2D eigenvalue weighted by atomic mass is 10.1. The molecule has 1 aliphatic rings. The molecule has 1 aliphatic heterocycles. The highest BCUT2D eigenvalue weighted by molar-refractivity contribution is 5.69. The third-order valence-electron chi connectivity index (χ3n) is 3.38. The van der Waals surface area contributed by atoms with E-state index in [0.29, 0.717) is 19.1 Å². The molecule has 1 unspecified atom stereocenters. The van der Waals surface area contributed by atoms with Crippen LogP contribution in [0.2, 0.25) is 0 Å². The Morgan fingerprint density at radius 3 is 2.81 bits per heavy atom. The monoisotopic (exact) mass is 227 g/mol. The van der Waals surface area contributed by atoms with E-state index in [1.165, 1.54) is 32.1 Å². The van der Waals surface area contributed by atoms with E-state index in [2.05, 4.69) is 11.8 Å². The maximum Gasteiger partial charge on any atom is 0.307 e. The van der Waals surface area contributed by atoms with Gasteiger partial charge in [0.05, 0.1) is 13.0 Å². The first kappa shape index (κ1) is 13.5. The van der Waals surface area contributed by atoms with Crippen molar-refractivity contribution >= 4 is 5.97 Å². The molecule has 0 aromatic rings. The second-order valence-corrected chi connectivity index (χ2v) is 4.50. The maximum atomic E-state index is 11.3. The minimum Gasteiger partial charge on any atom is -0.466 e. The summed E-state index contributed by atoms with van der Waals surface area (Å²) in [6.45, 7) is 6.62. The smallest absolute Gasteiger partial charge is 0.307 e. The number of rotatable bonds is 5. The summed E-state index contributed by atoms with van der Waals surface area (Å²) in [5.74, 6) is -0.0541. The molecule has 16 heavy (non-hydrogen) atoms. The fourth-order valence-corrected chi connectivity index (χ4v) is 2.46. The van der Waals surface area contributed by atoms with Gasteiger partial charge in [-0.25, -0.2) is 0 Å². The van der Waals surface area contributed by atoms with Crippen molar-refractivity contribution < 1.29 is 9.53 Å². The van der Waals surface area contributed by atoms with E-state index in [1.807, 2.05) is 6.92 Å². The number of hydrogen-bond acceptors (Lipinski definition) is 3. The molecule has 0 amide bonds. The average molecular weight is 227 g/mol. The largest absolute Gasteiger partial charge is 0.466 e. The Morgan fingerprint density at radius 2 is 2.12 bits per heavy atom. The summed E-state index contributed by atoms with van der Waals surface area (Å²) in [6, 6.07) is 0.678. The first-order chi connectivity index (χ1) is 7.77. The van der Waals surface area contributed by atoms with Crippen molar-refractivity contribution in [2.24, 2.45) is 0 Å². The molecule has 1 saturated heterocycles. The summed E-state index contributed by atoms with van der Waals surface area (Å²) in [5, 5.41) is 0. The van der Waals surface area contributed by atoms with Crippen LogP contribution in [0.5, 0.6) is 0 Å². The van der Waals surface area contributed by atoms with Gasteiger partial charge in [-0.05, 0) is 32.7 Å². The number of hydrogen-bond donors (Lipinski definition) is 0. The van der Waals surface area contributed by atoms with Crippen molar-refractivity contribution in [3.05, 3.63) is 0 Å². The zero-order chi connectivity index (χ0) is 11.8. The third kappa shape index (κ3) is 4.52. The van der Waals surface area contributed by atoms with Crippen LogP contribution in [0.25, 0.3) is 0 Å². The fourth-order valence-electron chi connectivity index (χ4n) is 2.46. The van der Waals surface area contributed by atoms with Gasteiger partial charge in [-0.15, -0.1) is 0 Å². The molecule has 1 rings (SSSR count). The highest BCUT2D eigenvalue weighted by atomic mass is 16.5. The molecule has 0 spiro atoms. The van der Waals surface area contributed by atoms with Gasteiger partial charge in [-0.2, -0.15) is 0 Å². The van der Waals surface area contributed by atoms with Crippen LogP contribution < -0.4 is 0 Å². The lowest BCUT2D eigenvalue weighted by Gasteiger charge is -2.28. The second kappa shape index (κ2) is 7.66. The fraction of sp³-hybridized carbons (Fsp3) is 0.923. The van der Waals surface area contributed by atoms with Gasteiger partial charge in [0.15, 0.2) is 0 Å². The van der Waals surface area contributed by atoms with Crippen molar-refractivity contribution in [1.29, 1.82) is 0 Å². The Balaban J connectivity index is 2.33. The molecule has 3 heteroatoms. The van der Waals surface area contributed by atoms with Crippen LogP contribution in [0, 0.1) is 0 Å². The lowest BCUT2D eigenvalue weighted by Crippen LogP contribution is -2.36. The molecule has 1 heterocycles. The Bertz CT molecular complexity index is 206. The molecule has 0 aromatic carbocycles. The molecular weight excluding hydrogens is 202 g/mol. The first-order valence-corrected chi connectivity index (χ1v) is 6.67. The van der Waals surface area contributed by atoms with Crippen LogP contribution in [0.4, 0.5) is 0 Å². The molecule has 3 nitrogen and oxygen atoms in total. The molecule has 0 bridgehead atoms. The quantitative estimate of drug-likeness (QED) is 0.676. The van der Waals surface area contributed by atoms with Gasteiger partial charge in [-0.3, -0.25) is 9.69 Å². The number of likely N-dealkylation sites (tertiary alicyclic amines) is 1. The van der Waals surface area contributed by atoms with E-state index in [0.717, 1.165) is 13.1 Å². The molecule has 1 atom stereocenters. The van der Waals surface area contributed by atoms with E-state index >= 15 is 0 Å². The Kier molecular flexibility index (Phi) is 6.46. The predicted molar refractivity (Wildman–Crippen MR) is 65.4 cm³/mol. The molecule has 1 fully saturated rings. The second-order valence-electron chi connectivity index (χ2n) is 4.50. The molecule has 94 valence electrons. The lowest BCUT2D eigenvalue weighted by molar-refractivity contribution is -0.143. The Hall–Kier alpha value is -0.570. The summed E-state index contributed by atoms with van der Waals surface area (Å²) in [5.41, 5.74) is 0. The summed E-state index contributed by atoms with van der Waals surface area (Å²) in [7, 11) is 0. The average Bonchev–Trinajstić information content (AvgIpc) is 2.51. The molecule has 0 aliphatic carbocycles. The number of nitrogens with zero attached hydrogens (tertiary/aromatic N) is 1. The van der Waals surface area contributed by atoms with E-state index in [1.54, 1.807) is 0 Å². The molecule has 0 saturated carbocycles. The normalized spacial score (nSPS) is 22.8. The maximum absolute atomic E-state index is 11.3. The topological polar surface area (TPSA) is 29.5 Å². The van der Waals surface area contributed by atoms with Crippen molar-refractivity contribution in [3.63, 3.8) is 0 Å². The molecule has 0 N–H and O–H groups in total. The summed E-state index contributed by atoms with van der Waals surface area (Å²) in [6.07, 6.45) is 6.99. The van der Waals surface area contributed by atoms with Crippen molar-refractivity contribution in [1.82, 2.24) is 4.90 Å². The van der Waals surface area contributed by atoms with Gasteiger partial charge in [0, 0.05) is 12.6 Å². The number of ether oxygens (including phenoxy) is 1. The number of carbonyl (C=O) groups is 1. The summed E-state index contributed by atoms with van der Waals surface area (Å²) < 4.78 is 4.97. The zero-order valence-electron chi connectivity index (χ0n) is 10.7. The van der Waals surface area contributed by atoms with Crippen molar-refractivity contribution in [2.45, 2.75) is 58.4 Å². The predicted octanol–water partition coefficient (Wildman–Crippen LogP) is 2.59. The van der Waals surface area contributed by atoms with Gasteiger partial charge in [0.25, 0.3) is 0 Å². The summed E-state index contributed by atoms with van der Waals surface area (Å²) in [4.78, 5) is 13.8. The number of esters is 1. The van der Waals surface area contributed by atoms with Crippen LogP contribution in [-0.2, 0) is 9.53 Å². The van der Waals surface area contributed by atoms with E-state index in [9.17, 15) is 4.79 Å². The van der Waals surface area contributed by atoms with Gasteiger partial charge < -0.3 is 4.74 Å². The van der Waals surface area contributed by atoms with Gasteiger partial charge in [0.1, 0.15) is 0 Å². The Morgan fingerprint density at radius 1 is 1.31 bits per heavy atom. The van der Waals surface area contributed by atoms with Crippen molar-refractivity contribution in [3.8, 4) is 0 Å². The highest BCUT2D eigenvalue weighted by Crippen LogP contribution is 2.19. The van der Waals surface area contributed by atoms with Gasteiger partial charge >= 0.3 is 5.97 Å². The van der Waals surface area contributed by atoms with E-state index in [4.69, 9.17) is 4.74 Å². The molecule has 0 aromatic heterocycles. The molecular formula is C13H25NO2. The van der Waals surface area contributed by atoms with Crippen LogP contribution in [0.15, 0.2) is 0 Å². The van der Waals surface area contributed by atoms with Gasteiger partial charge in [0.2, 0.25) is 0 Å². The molecule has 0 radical (unpaired) electrons. The standard InChI is InChI=1S/C13H25NO2/c1-3-12-8-6-5-7-10-14(12)11-9-13(15)16-4-2/h12H,3-11H2,1-2H3. The van der Waals surface area contributed by atoms with Crippen molar-refractivity contribution in [2.75, 3.05) is 19.7 Å². The van der Waals surface area contributed by atoms with Crippen LogP contribution >= 0.6 is 0 Å². The minimum absolute atomic E-state index is 0.0541. The third-order valence-corrected chi connectivity index (χ3v) is 3.38. The minimum atomic E-state index is -0.0541. The SMILES string of the molecule is CCOC(=O)CCN1CCCCCC1CC. The van der Waals surface area contributed by atoms with Crippen LogP contribution in [0.1, 0.15) is 52.4 Å². The van der Waals surface area contributed by atoms with Gasteiger partial charge in [-0.1, -0.05) is 19.8 Å². The van der Waals surface area contributed by atoms with Crippen LogP contribution in [-0.4, -0.2) is 36.6 Å². The number of carbonyl (C=O) groups excluding carboxylic acids is 1. The van der Waals surface area contributed by atoms with Crippen LogP contribution in [0.3, 0.4) is 0 Å². The van der Waals surface area contributed by atoms with E-state index in [-0.39, 0.29) is 5.97 Å². The first-order valence-electron chi connectivity index (χ1n) is 6.67. The Labute approximate surface area is 99.1 Å². The summed E-state index contributed by atoms with van der Waals surface area (Å²) >= 11 is 0. The zero-order valence-corrected chi connectivity index (χ0v) is 10.7.